The van der Waals surface area contributed by atoms with Crippen molar-refractivity contribution in [3.05, 3.63) is 64.3 Å². The van der Waals surface area contributed by atoms with Gasteiger partial charge in [0.2, 0.25) is 6.41 Å². The molecule has 6 nitrogen and oxygen atoms in total. The average molecular weight is 429 g/mol. The summed E-state index contributed by atoms with van der Waals surface area (Å²) in [5.74, 6) is 0.820. The van der Waals surface area contributed by atoms with Crippen LogP contribution in [0.3, 0.4) is 0 Å². The molecule has 7 heteroatoms. The molecule has 0 aliphatic rings. The van der Waals surface area contributed by atoms with E-state index in [0.717, 1.165) is 51.3 Å². The van der Waals surface area contributed by atoms with E-state index in [-0.39, 0.29) is 0 Å². The highest BCUT2D eigenvalue weighted by molar-refractivity contribution is 9.10. The lowest BCUT2D eigenvalue weighted by atomic mass is 10.1. The van der Waals surface area contributed by atoms with Crippen molar-refractivity contribution in [1.29, 1.82) is 0 Å². The van der Waals surface area contributed by atoms with E-state index in [0.29, 0.717) is 6.54 Å². The fourth-order valence-electron chi connectivity index (χ4n) is 2.69. The number of rotatable bonds is 8. The van der Waals surface area contributed by atoms with Gasteiger partial charge in [-0.25, -0.2) is 0 Å². The van der Waals surface area contributed by atoms with Gasteiger partial charge in [0.25, 0.3) is 0 Å². The molecule has 27 heavy (non-hydrogen) atoms. The Kier molecular flexibility index (Phi) is 6.13. The second-order valence-electron chi connectivity index (χ2n) is 6.10. The minimum absolute atomic E-state index is 0.547. The number of anilines is 1. The maximum absolute atomic E-state index is 11.5. The number of carbonyl (C=O) groups is 1. The van der Waals surface area contributed by atoms with Crippen LogP contribution in [0.4, 0.5) is 5.69 Å². The summed E-state index contributed by atoms with van der Waals surface area (Å²) in [7, 11) is 1.64. The maximum atomic E-state index is 11.5. The van der Waals surface area contributed by atoms with Gasteiger partial charge < -0.3 is 4.74 Å². The van der Waals surface area contributed by atoms with Gasteiger partial charge in [0.1, 0.15) is 11.4 Å². The van der Waals surface area contributed by atoms with Crippen LogP contribution in [0.25, 0.3) is 11.3 Å². The Morgan fingerprint density at radius 2 is 2.04 bits per heavy atom. The number of halogens is 1. The monoisotopic (exact) mass is 428 g/mol. The van der Waals surface area contributed by atoms with Crippen LogP contribution in [0.5, 0.6) is 5.75 Å². The number of nitrogens with zero attached hydrogens (tertiary/aromatic N) is 2. The zero-order valence-electron chi connectivity index (χ0n) is 15.2. The molecule has 140 valence electrons. The van der Waals surface area contributed by atoms with Gasteiger partial charge >= 0.3 is 0 Å². The van der Waals surface area contributed by atoms with Crippen molar-refractivity contribution in [3.63, 3.8) is 0 Å². The molecule has 0 unspecified atom stereocenters. The summed E-state index contributed by atoms with van der Waals surface area (Å²) in [6.07, 6.45) is 1.53. The number of H-pyrrole nitrogens is 1. The third-order valence-corrected chi connectivity index (χ3v) is 5.18. The predicted octanol–water partition coefficient (Wildman–Crippen LogP) is 4.18. The number of benzene rings is 2. The molecule has 0 saturated carbocycles. The van der Waals surface area contributed by atoms with Gasteiger partial charge in [-0.3, -0.25) is 20.3 Å². The first kappa shape index (κ1) is 19.0. The Morgan fingerprint density at radius 3 is 2.67 bits per heavy atom. The first-order valence-corrected chi connectivity index (χ1v) is 9.32. The Labute approximate surface area is 166 Å². The van der Waals surface area contributed by atoms with E-state index < -0.39 is 0 Å². The smallest absolute Gasteiger partial charge is 0.228 e. The van der Waals surface area contributed by atoms with Crippen LogP contribution < -0.4 is 10.2 Å². The highest BCUT2D eigenvalue weighted by Crippen LogP contribution is 2.29. The molecular weight excluding hydrogens is 408 g/mol. The van der Waals surface area contributed by atoms with Crippen LogP contribution >= 0.6 is 15.9 Å². The van der Waals surface area contributed by atoms with E-state index in [9.17, 15) is 4.79 Å². The zero-order valence-corrected chi connectivity index (χ0v) is 16.8. The molecule has 0 aliphatic heterocycles. The van der Waals surface area contributed by atoms with Gasteiger partial charge in [-0.05, 0) is 59.1 Å². The molecule has 3 aromatic rings. The number of hydrazine groups is 1. The van der Waals surface area contributed by atoms with Gasteiger partial charge in [0, 0.05) is 17.8 Å². The number of carbonyl (C=O) groups excluding carboxylic acids is 1. The van der Waals surface area contributed by atoms with E-state index in [1.165, 1.54) is 5.01 Å². The molecule has 0 fully saturated rings. The summed E-state index contributed by atoms with van der Waals surface area (Å²) in [5.41, 5.74) is 7.87. The minimum atomic E-state index is 0.547. The molecule has 2 N–H and O–H groups in total. The molecule has 2 aromatic carbocycles. The van der Waals surface area contributed by atoms with Crippen molar-refractivity contribution in [3.8, 4) is 17.0 Å². The first-order chi connectivity index (χ1) is 13.1. The standard InChI is InChI=1S/C20H21BrN4O2/c1-14-19(21)20(23-22-14)16-4-3-5-17(12-16)24-25(13-26)11-10-15-6-8-18(27-2)9-7-15/h3-9,12-13,24H,10-11H2,1-2H3,(H,22,23). The number of hydrogen-bond acceptors (Lipinski definition) is 4. The molecular formula is C20H21BrN4O2. The van der Waals surface area contributed by atoms with Crippen molar-refractivity contribution in [2.24, 2.45) is 0 Å². The highest BCUT2D eigenvalue weighted by Gasteiger charge is 2.11. The van der Waals surface area contributed by atoms with Crippen LogP contribution in [0.15, 0.2) is 53.0 Å². The van der Waals surface area contributed by atoms with Crippen LogP contribution in [-0.4, -0.2) is 35.3 Å². The number of aryl methyl sites for hydroxylation is 1. The van der Waals surface area contributed by atoms with Gasteiger partial charge in [0.05, 0.1) is 17.3 Å². The largest absolute Gasteiger partial charge is 0.497 e. The lowest BCUT2D eigenvalue weighted by molar-refractivity contribution is -0.117. The number of amides is 1. The van der Waals surface area contributed by atoms with Gasteiger partial charge in [-0.2, -0.15) is 5.10 Å². The third kappa shape index (κ3) is 4.68. The number of aromatic nitrogens is 2. The Balaban J connectivity index is 1.66. The summed E-state index contributed by atoms with van der Waals surface area (Å²) >= 11 is 3.55. The van der Waals surface area contributed by atoms with E-state index in [1.54, 1.807) is 7.11 Å². The molecule has 0 spiro atoms. The molecule has 0 bridgehead atoms. The van der Waals surface area contributed by atoms with Crippen molar-refractivity contribution >= 4 is 28.0 Å². The van der Waals surface area contributed by atoms with E-state index in [2.05, 4.69) is 31.6 Å². The fraction of sp³-hybridized carbons (Fsp3) is 0.200. The normalized spacial score (nSPS) is 10.5. The van der Waals surface area contributed by atoms with Gasteiger partial charge in [-0.1, -0.05) is 24.3 Å². The molecule has 1 heterocycles. The quantitative estimate of drug-likeness (QED) is 0.416. The minimum Gasteiger partial charge on any atom is -0.497 e. The molecule has 1 aromatic heterocycles. The van der Waals surface area contributed by atoms with Crippen LogP contribution in [0.1, 0.15) is 11.3 Å². The highest BCUT2D eigenvalue weighted by atomic mass is 79.9. The summed E-state index contributed by atoms with van der Waals surface area (Å²) in [5, 5.41) is 8.82. The predicted molar refractivity (Wildman–Crippen MR) is 110 cm³/mol. The van der Waals surface area contributed by atoms with Crippen molar-refractivity contribution in [1.82, 2.24) is 15.2 Å². The van der Waals surface area contributed by atoms with Crippen molar-refractivity contribution < 1.29 is 9.53 Å². The lowest BCUT2D eigenvalue weighted by Crippen LogP contribution is -2.30. The van der Waals surface area contributed by atoms with E-state index >= 15 is 0 Å². The summed E-state index contributed by atoms with van der Waals surface area (Å²) in [4.78, 5) is 11.5. The zero-order chi connectivity index (χ0) is 19.2. The van der Waals surface area contributed by atoms with Gasteiger partial charge in [-0.15, -0.1) is 0 Å². The van der Waals surface area contributed by atoms with E-state index in [4.69, 9.17) is 4.74 Å². The van der Waals surface area contributed by atoms with Crippen LogP contribution in [0, 0.1) is 6.92 Å². The summed E-state index contributed by atoms with van der Waals surface area (Å²) in [6, 6.07) is 15.6. The topological polar surface area (TPSA) is 70.2 Å². The molecule has 3 rings (SSSR count). The number of hydrogen-bond donors (Lipinski definition) is 2. The maximum Gasteiger partial charge on any atom is 0.228 e. The third-order valence-electron chi connectivity index (χ3n) is 4.21. The second kappa shape index (κ2) is 8.73. The number of ether oxygens (including phenoxy) is 1. The Bertz CT molecular complexity index is 909. The Morgan fingerprint density at radius 1 is 1.26 bits per heavy atom. The summed E-state index contributed by atoms with van der Waals surface area (Å²) < 4.78 is 6.10. The fourth-order valence-corrected chi connectivity index (χ4v) is 3.09. The first-order valence-electron chi connectivity index (χ1n) is 8.53. The van der Waals surface area contributed by atoms with E-state index in [1.807, 2.05) is 55.5 Å². The average Bonchev–Trinajstić information content (AvgIpc) is 3.04. The molecule has 0 saturated heterocycles. The SMILES string of the molecule is COc1ccc(CCN(C=O)Nc2cccc(-c3n[nH]c(C)c3Br)c2)cc1. The summed E-state index contributed by atoms with van der Waals surface area (Å²) in [6.45, 7) is 2.50. The second-order valence-corrected chi connectivity index (χ2v) is 6.89. The molecule has 1 amide bonds. The van der Waals surface area contributed by atoms with Crippen molar-refractivity contribution in [2.45, 2.75) is 13.3 Å². The number of nitrogens with one attached hydrogen (secondary N) is 2. The van der Waals surface area contributed by atoms with Crippen molar-refractivity contribution in [2.75, 3.05) is 19.1 Å². The van der Waals surface area contributed by atoms with Crippen LogP contribution in [0.2, 0.25) is 0 Å². The Hall–Kier alpha value is -2.80. The number of methoxy groups -OCH3 is 1. The molecule has 0 atom stereocenters. The molecule has 0 radical (unpaired) electrons. The van der Waals surface area contributed by atoms with Crippen LogP contribution in [-0.2, 0) is 11.2 Å². The number of aromatic amines is 1. The van der Waals surface area contributed by atoms with Gasteiger partial charge in [0.15, 0.2) is 0 Å². The molecule has 0 aliphatic carbocycles. The lowest BCUT2D eigenvalue weighted by Gasteiger charge is -2.20.